The fourth-order valence-corrected chi connectivity index (χ4v) is 0.900. The summed E-state index contributed by atoms with van der Waals surface area (Å²) in [5.74, 6) is -0.266. The Morgan fingerprint density at radius 3 is 2.38 bits per heavy atom. The third kappa shape index (κ3) is 7.25. The van der Waals surface area contributed by atoms with Crippen LogP contribution in [0.4, 0.5) is 0 Å². The van der Waals surface area contributed by atoms with Crippen molar-refractivity contribution in [3.63, 3.8) is 0 Å². The number of ketones is 1. The summed E-state index contributed by atoms with van der Waals surface area (Å²) >= 11 is 0. The summed E-state index contributed by atoms with van der Waals surface area (Å²) in [7, 11) is 0. The van der Waals surface area contributed by atoms with Crippen LogP contribution in [0.2, 0.25) is 0 Å². The zero-order valence-corrected chi connectivity index (χ0v) is 8.26. The lowest BCUT2D eigenvalue weighted by atomic mass is 10.1. The van der Waals surface area contributed by atoms with Crippen LogP contribution < -0.4 is 0 Å². The van der Waals surface area contributed by atoms with Gasteiger partial charge >= 0.3 is 5.97 Å². The maximum atomic E-state index is 11.1. The fourth-order valence-electron chi connectivity index (χ4n) is 0.900. The second-order valence-corrected chi connectivity index (χ2v) is 2.98. The van der Waals surface area contributed by atoms with Gasteiger partial charge in [-0.2, -0.15) is 0 Å². The van der Waals surface area contributed by atoms with E-state index in [-0.39, 0.29) is 24.6 Å². The molecule has 0 radical (unpaired) electrons. The second kappa shape index (κ2) is 6.40. The van der Waals surface area contributed by atoms with Crippen molar-refractivity contribution in [2.24, 2.45) is 0 Å². The van der Waals surface area contributed by atoms with Crippen LogP contribution in [0.5, 0.6) is 0 Å². The molecule has 3 heteroatoms. The largest absolute Gasteiger partial charge is 0.466 e. The highest BCUT2D eigenvalue weighted by molar-refractivity contribution is 5.84. The molecule has 0 aromatic rings. The monoisotopic (exact) mass is 184 g/mol. The molecule has 0 rings (SSSR count). The van der Waals surface area contributed by atoms with E-state index in [1.807, 2.05) is 0 Å². The molecule has 0 bridgehead atoms. The predicted molar refractivity (Wildman–Crippen MR) is 50.3 cm³/mol. The third-order valence-corrected chi connectivity index (χ3v) is 1.41. The summed E-state index contributed by atoms with van der Waals surface area (Å²) in [6.07, 6.45) is 0.797. The van der Waals surface area contributed by atoms with Crippen molar-refractivity contribution in [1.82, 2.24) is 0 Å². The van der Waals surface area contributed by atoms with Crippen LogP contribution in [0.1, 0.15) is 33.1 Å². The molecule has 0 aliphatic rings. The van der Waals surface area contributed by atoms with E-state index in [2.05, 4.69) is 11.3 Å². The zero-order valence-electron chi connectivity index (χ0n) is 8.26. The summed E-state index contributed by atoms with van der Waals surface area (Å²) < 4.78 is 4.68. The van der Waals surface area contributed by atoms with Gasteiger partial charge < -0.3 is 4.74 Å². The minimum absolute atomic E-state index is 0.0422. The summed E-state index contributed by atoms with van der Waals surface area (Å²) in [5, 5.41) is 0. The maximum Gasteiger partial charge on any atom is 0.306 e. The smallest absolute Gasteiger partial charge is 0.306 e. The van der Waals surface area contributed by atoms with Crippen LogP contribution >= 0.6 is 0 Å². The van der Waals surface area contributed by atoms with E-state index >= 15 is 0 Å². The number of ether oxygens (including phenoxy) is 1. The molecule has 0 atom stereocenters. The van der Waals surface area contributed by atoms with Gasteiger partial charge in [0.05, 0.1) is 13.0 Å². The lowest BCUT2D eigenvalue weighted by molar-refractivity contribution is -0.144. The van der Waals surface area contributed by atoms with E-state index in [0.717, 1.165) is 5.57 Å². The molecule has 74 valence electrons. The van der Waals surface area contributed by atoms with Crippen LogP contribution in [0.15, 0.2) is 12.2 Å². The number of carbonyl (C=O) groups is 2. The Kier molecular flexibility index (Phi) is 5.85. The van der Waals surface area contributed by atoms with Gasteiger partial charge in [0.1, 0.15) is 5.78 Å². The molecular weight excluding hydrogens is 168 g/mol. The van der Waals surface area contributed by atoms with Crippen molar-refractivity contribution in [1.29, 1.82) is 0 Å². The van der Waals surface area contributed by atoms with E-state index in [0.29, 0.717) is 13.0 Å². The van der Waals surface area contributed by atoms with Gasteiger partial charge in [-0.25, -0.2) is 0 Å². The molecule has 0 aliphatic heterocycles. The molecule has 3 nitrogen and oxygen atoms in total. The number of allylic oxidation sites excluding steroid dienone is 1. The van der Waals surface area contributed by atoms with Gasteiger partial charge in [0.25, 0.3) is 0 Å². The molecule has 0 unspecified atom stereocenters. The van der Waals surface area contributed by atoms with Gasteiger partial charge in [0.15, 0.2) is 0 Å². The van der Waals surface area contributed by atoms with E-state index in [4.69, 9.17) is 0 Å². The normalized spacial score (nSPS) is 9.38. The van der Waals surface area contributed by atoms with Crippen molar-refractivity contribution in [2.45, 2.75) is 33.1 Å². The standard InChI is InChI=1S/C10H16O3/c1-4-13-10(12)6-5-9(11)7-8(2)3/h2,4-7H2,1,3H3. The van der Waals surface area contributed by atoms with Gasteiger partial charge in [-0.1, -0.05) is 12.2 Å². The Morgan fingerprint density at radius 1 is 1.31 bits per heavy atom. The average molecular weight is 184 g/mol. The van der Waals surface area contributed by atoms with E-state index in [1.165, 1.54) is 0 Å². The fraction of sp³-hybridized carbons (Fsp3) is 0.600. The van der Waals surface area contributed by atoms with Crippen LogP contribution in [0.25, 0.3) is 0 Å². The zero-order chi connectivity index (χ0) is 10.3. The molecular formula is C10H16O3. The number of carbonyl (C=O) groups excluding carboxylic acids is 2. The van der Waals surface area contributed by atoms with Crippen LogP contribution in [0.3, 0.4) is 0 Å². The van der Waals surface area contributed by atoms with E-state index in [9.17, 15) is 9.59 Å². The van der Waals surface area contributed by atoms with Crippen LogP contribution in [-0.2, 0) is 14.3 Å². The lowest BCUT2D eigenvalue weighted by Gasteiger charge is -2.00. The minimum Gasteiger partial charge on any atom is -0.466 e. The first kappa shape index (κ1) is 11.9. The molecule has 0 aromatic heterocycles. The molecule has 0 spiro atoms. The summed E-state index contributed by atoms with van der Waals surface area (Å²) in [6.45, 7) is 7.53. The molecule has 0 N–H and O–H groups in total. The van der Waals surface area contributed by atoms with Gasteiger partial charge in [-0.3, -0.25) is 9.59 Å². The number of Topliss-reactive ketones (excluding diaryl/α,β-unsaturated/α-hetero) is 1. The first-order valence-corrected chi connectivity index (χ1v) is 4.38. The highest BCUT2D eigenvalue weighted by Gasteiger charge is 2.07. The Morgan fingerprint density at radius 2 is 1.92 bits per heavy atom. The van der Waals surface area contributed by atoms with Crippen molar-refractivity contribution >= 4 is 11.8 Å². The van der Waals surface area contributed by atoms with Gasteiger partial charge in [0, 0.05) is 12.8 Å². The number of hydrogen-bond acceptors (Lipinski definition) is 3. The maximum absolute atomic E-state index is 11.1. The number of rotatable bonds is 6. The molecule has 0 heterocycles. The predicted octanol–water partition coefficient (Wildman–Crippen LogP) is 1.86. The van der Waals surface area contributed by atoms with Gasteiger partial charge in [-0.15, -0.1) is 0 Å². The molecule has 0 saturated heterocycles. The first-order chi connectivity index (χ1) is 6.06. The molecule has 0 amide bonds. The van der Waals surface area contributed by atoms with Crippen molar-refractivity contribution in [2.75, 3.05) is 6.61 Å². The average Bonchev–Trinajstić information content (AvgIpc) is 2.00. The van der Waals surface area contributed by atoms with Gasteiger partial charge in [-0.05, 0) is 13.8 Å². The molecule has 13 heavy (non-hydrogen) atoms. The Bertz CT molecular complexity index is 206. The summed E-state index contributed by atoms with van der Waals surface area (Å²) in [4.78, 5) is 21.9. The van der Waals surface area contributed by atoms with Crippen LogP contribution in [-0.4, -0.2) is 18.4 Å². The number of esters is 1. The molecule has 0 fully saturated rings. The SMILES string of the molecule is C=C(C)CC(=O)CCC(=O)OCC. The number of hydrogen-bond donors (Lipinski definition) is 0. The van der Waals surface area contributed by atoms with Crippen molar-refractivity contribution in [3.05, 3.63) is 12.2 Å². The Labute approximate surface area is 78.8 Å². The lowest BCUT2D eigenvalue weighted by Crippen LogP contribution is -2.07. The third-order valence-electron chi connectivity index (χ3n) is 1.41. The second-order valence-electron chi connectivity index (χ2n) is 2.98. The highest BCUT2D eigenvalue weighted by Crippen LogP contribution is 2.02. The van der Waals surface area contributed by atoms with Gasteiger partial charge in [0.2, 0.25) is 0 Å². The highest BCUT2D eigenvalue weighted by atomic mass is 16.5. The van der Waals surface area contributed by atoms with E-state index < -0.39 is 0 Å². The van der Waals surface area contributed by atoms with Crippen molar-refractivity contribution < 1.29 is 14.3 Å². The van der Waals surface area contributed by atoms with Crippen molar-refractivity contribution in [3.8, 4) is 0 Å². The van der Waals surface area contributed by atoms with E-state index in [1.54, 1.807) is 13.8 Å². The topological polar surface area (TPSA) is 43.4 Å². The Balaban J connectivity index is 3.58. The Hall–Kier alpha value is -1.12. The first-order valence-electron chi connectivity index (χ1n) is 4.38. The summed E-state index contributed by atoms with van der Waals surface area (Å²) in [5.41, 5.74) is 0.828. The molecule has 0 aromatic carbocycles. The summed E-state index contributed by atoms with van der Waals surface area (Å²) in [6, 6.07) is 0. The minimum atomic E-state index is -0.308. The molecule has 0 saturated carbocycles. The van der Waals surface area contributed by atoms with Crippen LogP contribution in [0, 0.1) is 0 Å². The molecule has 0 aliphatic carbocycles. The quantitative estimate of drug-likeness (QED) is 0.467.